The maximum atomic E-state index is 14.2. The molecule has 0 radical (unpaired) electrons. The van der Waals surface area contributed by atoms with Gasteiger partial charge in [-0.05, 0) is 75.1 Å². The number of hydrogen-bond acceptors (Lipinski definition) is 4. The van der Waals surface area contributed by atoms with E-state index in [9.17, 15) is 18.0 Å². The molecule has 10 heteroatoms. The number of rotatable bonds is 10. The summed E-state index contributed by atoms with van der Waals surface area (Å²) >= 11 is 12.7. The Bertz CT molecular complexity index is 1520. The highest BCUT2D eigenvalue weighted by Crippen LogP contribution is 2.33. The third-order valence-electron chi connectivity index (χ3n) is 7.79. The molecular formula is C32H37Cl2N3O4S. The van der Waals surface area contributed by atoms with Gasteiger partial charge in [0.25, 0.3) is 10.0 Å². The molecule has 224 valence electrons. The third-order valence-corrected chi connectivity index (χ3v) is 10.1. The van der Waals surface area contributed by atoms with Crippen molar-refractivity contribution in [3.63, 3.8) is 0 Å². The van der Waals surface area contributed by atoms with Gasteiger partial charge in [-0.3, -0.25) is 13.9 Å². The average Bonchev–Trinajstić information content (AvgIpc) is 2.97. The number of nitrogens with one attached hydrogen (secondary N) is 1. The van der Waals surface area contributed by atoms with E-state index in [-0.39, 0.29) is 39.1 Å². The molecule has 1 saturated carbocycles. The number of hydrogen-bond donors (Lipinski definition) is 1. The normalized spacial score (nSPS) is 14.7. The lowest BCUT2D eigenvalue weighted by Gasteiger charge is -2.33. The van der Waals surface area contributed by atoms with E-state index < -0.39 is 28.5 Å². The van der Waals surface area contributed by atoms with E-state index in [0.717, 1.165) is 53.1 Å². The van der Waals surface area contributed by atoms with Crippen LogP contribution in [0.5, 0.6) is 0 Å². The average molecular weight is 631 g/mol. The molecule has 1 N–H and O–H groups in total. The summed E-state index contributed by atoms with van der Waals surface area (Å²) in [7, 11) is -4.25. The van der Waals surface area contributed by atoms with Gasteiger partial charge >= 0.3 is 0 Å². The van der Waals surface area contributed by atoms with Crippen LogP contribution in [0, 0.1) is 13.8 Å². The number of aryl methyl sites for hydroxylation is 2. The summed E-state index contributed by atoms with van der Waals surface area (Å²) in [4.78, 5) is 29.1. The lowest BCUT2D eigenvalue weighted by Crippen LogP contribution is -2.53. The molecule has 2 amide bonds. The van der Waals surface area contributed by atoms with E-state index in [4.69, 9.17) is 23.2 Å². The van der Waals surface area contributed by atoms with Crippen molar-refractivity contribution in [1.29, 1.82) is 0 Å². The zero-order valence-electron chi connectivity index (χ0n) is 24.1. The number of carbonyl (C=O) groups is 2. The summed E-state index contributed by atoms with van der Waals surface area (Å²) in [5, 5.41) is 3.50. The summed E-state index contributed by atoms with van der Waals surface area (Å²) in [5.74, 6) is -0.811. The smallest absolute Gasteiger partial charge is 0.264 e. The lowest BCUT2D eigenvalue weighted by atomic mass is 9.95. The second kappa shape index (κ2) is 13.9. The minimum absolute atomic E-state index is 0.00508. The Morgan fingerprint density at radius 3 is 2.29 bits per heavy atom. The molecule has 1 atom stereocenters. The number of sulfonamides is 1. The van der Waals surface area contributed by atoms with E-state index in [2.05, 4.69) is 5.32 Å². The molecule has 1 aliphatic rings. The first kappa shape index (κ1) is 31.9. The SMILES string of the molecule is Cc1ccc(S(=O)(=O)N(CC(=O)N(Cc2ccccc2C)C(C)C(=O)NC2CCCCC2)c2cc(Cl)ccc2Cl)cc1. The highest BCUT2D eigenvalue weighted by molar-refractivity contribution is 7.92. The van der Waals surface area contributed by atoms with Gasteiger partial charge < -0.3 is 10.2 Å². The fraction of sp³-hybridized carbons (Fsp3) is 0.375. The third kappa shape index (κ3) is 7.65. The highest BCUT2D eigenvalue weighted by Gasteiger charge is 2.34. The zero-order chi connectivity index (χ0) is 30.4. The quantitative estimate of drug-likeness (QED) is 0.271. The molecule has 1 unspecified atom stereocenters. The van der Waals surface area contributed by atoms with Gasteiger partial charge in [0.2, 0.25) is 11.8 Å². The molecule has 0 saturated heterocycles. The van der Waals surface area contributed by atoms with Crippen molar-refractivity contribution < 1.29 is 18.0 Å². The standard InChI is InChI=1S/C32H37Cl2N3O4S/c1-22-13-16-28(17-14-22)42(40,41)37(30-19-26(33)15-18-29(30)34)21-31(38)36(20-25-10-8-7-9-23(25)2)24(3)32(39)35-27-11-5-4-6-12-27/h7-10,13-19,24,27H,4-6,11-12,20-21H2,1-3H3,(H,35,39). The number of carbonyl (C=O) groups excluding carboxylic acids is 2. The first-order valence-electron chi connectivity index (χ1n) is 14.2. The van der Waals surface area contributed by atoms with E-state index in [1.807, 2.05) is 38.1 Å². The van der Waals surface area contributed by atoms with Crippen molar-refractivity contribution in [2.75, 3.05) is 10.8 Å². The van der Waals surface area contributed by atoms with Gasteiger partial charge in [-0.15, -0.1) is 0 Å². The first-order chi connectivity index (χ1) is 20.0. The molecule has 4 rings (SSSR count). The molecule has 7 nitrogen and oxygen atoms in total. The van der Waals surface area contributed by atoms with E-state index in [0.29, 0.717) is 0 Å². The van der Waals surface area contributed by atoms with Gasteiger partial charge in [-0.2, -0.15) is 0 Å². The van der Waals surface area contributed by atoms with Crippen LogP contribution in [-0.4, -0.2) is 43.8 Å². The number of halogens is 2. The van der Waals surface area contributed by atoms with E-state index in [1.165, 1.54) is 29.2 Å². The predicted molar refractivity (Wildman–Crippen MR) is 168 cm³/mol. The molecule has 1 fully saturated rings. The fourth-order valence-electron chi connectivity index (χ4n) is 5.15. The maximum absolute atomic E-state index is 14.2. The fourth-order valence-corrected chi connectivity index (χ4v) is 7.01. The largest absolute Gasteiger partial charge is 0.352 e. The molecule has 1 aliphatic carbocycles. The summed E-state index contributed by atoms with van der Waals surface area (Å²) in [5.41, 5.74) is 2.78. The van der Waals surface area contributed by atoms with Crippen LogP contribution in [0.4, 0.5) is 5.69 Å². The number of nitrogens with zero attached hydrogens (tertiary/aromatic N) is 2. The lowest BCUT2D eigenvalue weighted by molar-refractivity contribution is -0.139. The molecule has 0 aliphatic heterocycles. The Labute approximate surface area is 258 Å². The van der Waals surface area contributed by atoms with Gasteiger partial charge in [0.1, 0.15) is 12.6 Å². The predicted octanol–water partition coefficient (Wildman–Crippen LogP) is 6.67. The molecule has 0 heterocycles. The van der Waals surface area contributed by atoms with Gasteiger partial charge in [-0.1, -0.05) is 84.4 Å². The van der Waals surface area contributed by atoms with Gasteiger partial charge in [-0.25, -0.2) is 8.42 Å². The van der Waals surface area contributed by atoms with E-state index in [1.54, 1.807) is 25.1 Å². The molecule has 0 aromatic heterocycles. The maximum Gasteiger partial charge on any atom is 0.264 e. The first-order valence-corrected chi connectivity index (χ1v) is 16.4. The molecule has 0 spiro atoms. The van der Waals surface area contributed by atoms with Gasteiger partial charge in [0, 0.05) is 17.6 Å². The minimum Gasteiger partial charge on any atom is -0.352 e. The van der Waals surface area contributed by atoms with Crippen LogP contribution in [0.15, 0.2) is 71.6 Å². The van der Waals surface area contributed by atoms with Crippen molar-refractivity contribution >= 4 is 50.7 Å². The second-order valence-corrected chi connectivity index (χ2v) is 13.6. The van der Waals surface area contributed by atoms with Crippen LogP contribution >= 0.6 is 23.2 Å². The molecule has 42 heavy (non-hydrogen) atoms. The van der Waals surface area contributed by atoms with Gasteiger partial charge in [0.15, 0.2) is 0 Å². The van der Waals surface area contributed by atoms with Crippen molar-refractivity contribution in [2.45, 2.75) is 76.4 Å². The van der Waals surface area contributed by atoms with Gasteiger partial charge in [0.05, 0.1) is 15.6 Å². The highest BCUT2D eigenvalue weighted by atomic mass is 35.5. The molecular weight excluding hydrogens is 593 g/mol. The Morgan fingerprint density at radius 1 is 0.952 bits per heavy atom. The molecule has 0 bridgehead atoms. The van der Waals surface area contributed by atoms with Crippen molar-refractivity contribution in [1.82, 2.24) is 10.2 Å². The van der Waals surface area contributed by atoms with Crippen molar-refractivity contribution in [2.24, 2.45) is 0 Å². The molecule has 3 aromatic rings. The Morgan fingerprint density at radius 2 is 1.62 bits per heavy atom. The molecule has 3 aromatic carbocycles. The Hall–Kier alpha value is -3.07. The topological polar surface area (TPSA) is 86.8 Å². The Kier molecular flexibility index (Phi) is 10.6. The summed E-state index contributed by atoms with van der Waals surface area (Å²) < 4.78 is 29.0. The number of benzene rings is 3. The zero-order valence-corrected chi connectivity index (χ0v) is 26.5. The monoisotopic (exact) mass is 629 g/mol. The second-order valence-electron chi connectivity index (χ2n) is 10.9. The van der Waals surface area contributed by atoms with Crippen LogP contribution in [0.3, 0.4) is 0 Å². The van der Waals surface area contributed by atoms with E-state index >= 15 is 0 Å². The summed E-state index contributed by atoms with van der Waals surface area (Å²) in [6.45, 7) is 5.02. The van der Waals surface area contributed by atoms with Crippen molar-refractivity contribution in [3.8, 4) is 0 Å². The van der Waals surface area contributed by atoms with Crippen LogP contribution in [0.2, 0.25) is 10.0 Å². The number of amides is 2. The Balaban J connectivity index is 1.72. The number of anilines is 1. The van der Waals surface area contributed by atoms with Crippen LogP contribution in [0.1, 0.15) is 55.7 Å². The van der Waals surface area contributed by atoms with Crippen LogP contribution < -0.4 is 9.62 Å². The summed E-state index contributed by atoms with van der Waals surface area (Å²) in [6.07, 6.45) is 5.06. The van der Waals surface area contributed by atoms with Crippen LogP contribution in [0.25, 0.3) is 0 Å². The van der Waals surface area contributed by atoms with Crippen molar-refractivity contribution in [3.05, 3.63) is 93.5 Å². The summed E-state index contributed by atoms with van der Waals surface area (Å²) in [6, 6.07) is 17.7. The van der Waals surface area contributed by atoms with Crippen LogP contribution in [-0.2, 0) is 26.2 Å². The minimum atomic E-state index is -4.25.